The number of carbonyl (C=O) groups excluding carboxylic acids is 1. The normalized spacial score (nSPS) is 12.3. The van der Waals surface area contributed by atoms with Crippen LogP contribution in [0.1, 0.15) is 78.6 Å². The number of esters is 1. The van der Waals surface area contributed by atoms with Gasteiger partial charge in [-0.2, -0.15) is 0 Å². The number of ether oxygens (including phenoxy) is 4. The number of unbranched alkanes of at least 4 members (excludes halogenated alkanes) is 6. The molecule has 0 aliphatic heterocycles. The van der Waals surface area contributed by atoms with Gasteiger partial charge in [0.25, 0.3) is 0 Å². The minimum absolute atomic E-state index is 0.114. The van der Waals surface area contributed by atoms with Crippen molar-refractivity contribution in [3.8, 4) is 0 Å². The van der Waals surface area contributed by atoms with Crippen molar-refractivity contribution in [2.24, 2.45) is 5.92 Å². The molecular formula is C21H42O5. The summed E-state index contributed by atoms with van der Waals surface area (Å²) >= 11 is 0. The highest BCUT2D eigenvalue weighted by Crippen LogP contribution is 2.08. The lowest BCUT2D eigenvalue weighted by Crippen LogP contribution is -2.14. The first kappa shape index (κ1) is 25.4. The van der Waals surface area contributed by atoms with Gasteiger partial charge >= 0.3 is 5.97 Å². The van der Waals surface area contributed by atoms with Crippen LogP contribution in [0.3, 0.4) is 0 Å². The lowest BCUT2D eigenvalue weighted by molar-refractivity contribution is -0.145. The van der Waals surface area contributed by atoms with Gasteiger partial charge in [0.2, 0.25) is 0 Å². The lowest BCUT2D eigenvalue weighted by atomic mass is 10.1. The van der Waals surface area contributed by atoms with Crippen LogP contribution in [-0.2, 0) is 23.7 Å². The van der Waals surface area contributed by atoms with Gasteiger partial charge in [0.1, 0.15) is 6.61 Å². The monoisotopic (exact) mass is 374 g/mol. The van der Waals surface area contributed by atoms with Crippen molar-refractivity contribution in [3.63, 3.8) is 0 Å². The molecule has 0 saturated heterocycles. The fraction of sp³-hybridized carbons (Fsp3) is 0.952. The molecule has 0 bridgehead atoms. The molecule has 156 valence electrons. The van der Waals surface area contributed by atoms with Crippen LogP contribution in [0.4, 0.5) is 0 Å². The van der Waals surface area contributed by atoms with Gasteiger partial charge < -0.3 is 18.9 Å². The van der Waals surface area contributed by atoms with Crippen molar-refractivity contribution in [2.45, 2.75) is 78.6 Å². The summed E-state index contributed by atoms with van der Waals surface area (Å²) in [7, 11) is 0. The first-order valence-electron chi connectivity index (χ1n) is 10.6. The average Bonchev–Trinajstić information content (AvgIpc) is 2.65. The van der Waals surface area contributed by atoms with Gasteiger partial charge in [-0.3, -0.25) is 4.79 Å². The van der Waals surface area contributed by atoms with Crippen molar-refractivity contribution in [2.75, 3.05) is 46.2 Å². The zero-order valence-corrected chi connectivity index (χ0v) is 17.4. The second kappa shape index (κ2) is 20.7. The van der Waals surface area contributed by atoms with Crippen LogP contribution in [0.2, 0.25) is 0 Å². The molecule has 0 heterocycles. The van der Waals surface area contributed by atoms with Crippen LogP contribution in [0, 0.1) is 5.92 Å². The summed E-state index contributed by atoms with van der Waals surface area (Å²) < 4.78 is 21.5. The highest BCUT2D eigenvalue weighted by molar-refractivity contribution is 5.69. The first-order chi connectivity index (χ1) is 12.7. The van der Waals surface area contributed by atoms with Crippen LogP contribution in [0.5, 0.6) is 0 Å². The summed E-state index contributed by atoms with van der Waals surface area (Å²) in [6.07, 6.45) is 10.1. The Hall–Kier alpha value is -0.650. The van der Waals surface area contributed by atoms with Gasteiger partial charge in [-0.05, 0) is 12.3 Å². The Morgan fingerprint density at radius 1 is 0.731 bits per heavy atom. The minimum atomic E-state index is -0.114. The Morgan fingerprint density at radius 2 is 1.27 bits per heavy atom. The molecule has 1 unspecified atom stereocenters. The largest absolute Gasteiger partial charge is 0.463 e. The SMILES string of the molecule is CCCCCCCCCC(=O)OCCOCCOCCOCC(C)CC. The molecule has 0 aromatic carbocycles. The summed E-state index contributed by atoms with van der Waals surface area (Å²) in [6, 6.07) is 0. The summed E-state index contributed by atoms with van der Waals surface area (Å²) in [6.45, 7) is 10.4. The molecule has 0 spiro atoms. The van der Waals surface area contributed by atoms with E-state index in [0.717, 1.165) is 25.9 Å². The topological polar surface area (TPSA) is 54.0 Å². The molecule has 0 aromatic heterocycles. The molecule has 0 saturated carbocycles. The Kier molecular flexibility index (Phi) is 20.1. The number of hydrogen-bond acceptors (Lipinski definition) is 5. The maximum absolute atomic E-state index is 11.6. The van der Waals surface area contributed by atoms with Crippen molar-refractivity contribution in [3.05, 3.63) is 0 Å². The van der Waals surface area contributed by atoms with Crippen molar-refractivity contribution < 1.29 is 23.7 Å². The van der Waals surface area contributed by atoms with Gasteiger partial charge in [0.15, 0.2) is 0 Å². The average molecular weight is 375 g/mol. The highest BCUT2D eigenvalue weighted by atomic mass is 16.6. The molecule has 0 aliphatic carbocycles. The van der Waals surface area contributed by atoms with Crippen LogP contribution in [-0.4, -0.2) is 52.2 Å². The molecule has 26 heavy (non-hydrogen) atoms. The van der Waals surface area contributed by atoms with Crippen molar-refractivity contribution in [1.29, 1.82) is 0 Å². The van der Waals surface area contributed by atoms with Crippen LogP contribution in [0.25, 0.3) is 0 Å². The molecule has 1 atom stereocenters. The zero-order valence-electron chi connectivity index (χ0n) is 17.4. The number of hydrogen-bond donors (Lipinski definition) is 0. The van der Waals surface area contributed by atoms with Crippen LogP contribution in [0.15, 0.2) is 0 Å². The smallest absolute Gasteiger partial charge is 0.305 e. The van der Waals surface area contributed by atoms with Crippen LogP contribution < -0.4 is 0 Å². The molecule has 5 nitrogen and oxygen atoms in total. The van der Waals surface area contributed by atoms with E-state index in [1.54, 1.807) is 0 Å². The van der Waals surface area contributed by atoms with Crippen molar-refractivity contribution >= 4 is 5.97 Å². The maximum atomic E-state index is 11.6. The maximum Gasteiger partial charge on any atom is 0.305 e. The number of carbonyl (C=O) groups is 1. The third-order valence-corrected chi connectivity index (χ3v) is 4.32. The van der Waals surface area contributed by atoms with Crippen molar-refractivity contribution in [1.82, 2.24) is 0 Å². The molecule has 0 rings (SSSR count). The van der Waals surface area contributed by atoms with E-state index in [9.17, 15) is 4.79 Å². The Bertz CT molecular complexity index is 296. The number of rotatable bonds is 20. The molecule has 0 amide bonds. The van der Waals surface area contributed by atoms with E-state index in [4.69, 9.17) is 18.9 Å². The van der Waals surface area contributed by atoms with E-state index in [-0.39, 0.29) is 5.97 Å². The zero-order chi connectivity index (χ0) is 19.3. The lowest BCUT2D eigenvalue weighted by Gasteiger charge is -2.10. The molecular weight excluding hydrogens is 332 g/mol. The van der Waals surface area contributed by atoms with E-state index in [2.05, 4.69) is 20.8 Å². The van der Waals surface area contributed by atoms with E-state index in [0.29, 0.717) is 52.0 Å². The van der Waals surface area contributed by atoms with Gasteiger partial charge in [0, 0.05) is 13.0 Å². The van der Waals surface area contributed by atoms with Crippen LogP contribution >= 0.6 is 0 Å². The fourth-order valence-corrected chi connectivity index (χ4v) is 2.36. The third kappa shape index (κ3) is 19.7. The quantitative estimate of drug-likeness (QED) is 0.227. The summed E-state index contributed by atoms with van der Waals surface area (Å²) in [5.41, 5.74) is 0. The fourth-order valence-electron chi connectivity index (χ4n) is 2.36. The molecule has 5 heteroatoms. The standard InChI is InChI=1S/C21H42O5/c1-4-6-7-8-9-10-11-12-21(22)26-18-17-24-14-13-23-15-16-25-19-20(3)5-2/h20H,4-19H2,1-3H3. The van der Waals surface area contributed by atoms with Gasteiger partial charge in [0.05, 0.1) is 33.0 Å². The second-order valence-corrected chi connectivity index (χ2v) is 6.90. The summed E-state index contributed by atoms with van der Waals surface area (Å²) in [5, 5.41) is 0. The molecule has 0 radical (unpaired) electrons. The predicted molar refractivity (Wildman–Crippen MR) is 105 cm³/mol. The van der Waals surface area contributed by atoms with E-state index >= 15 is 0 Å². The summed E-state index contributed by atoms with van der Waals surface area (Å²) in [4.78, 5) is 11.6. The molecule has 0 aliphatic rings. The molecule has 0 N–H and O–H groups in total. The second-order valence-electron chi connectivity index (χ2n) is 6.90. The third-order valence-electron chi connectivity index (χ3n) is 4.32. The van der Waals surface area contributed by atoms with Gasteiger partial charge in [-0.25, -0.2) is 0 Å². The summed E-state index contributed by atoms with van der Waals surface area (Å²) in [5.74, 6) is 0.490. The predicted octanol–water partition coefficient (Wildman–Crippen LogP) is 4.77. The first-order valence-corrected chi connectivity index (χ1v) is 10.6. The van der Waals surface area contributed by atoms with E-state index < -0.39 is 0 Å². The molecule has 0 aromatic rings. The Morgan fingerprint density at radius 3 is 1.88 bits per heavy atom. The van der Waals surface area contributed by atoms with E-state index in [1.807, 2.05) is 0 Å². The molecule has 0 fully saturated rings. The Balaban J connectivity index is 3.16. The Labute approximate surface area is 161 Å². The minimum Gasteiger partial charge on any atom is -0.463 e. The van der Waals surface area contributed by atoms with E-state index in [1.165, 1.54) is 32.1 Å². The van der Waals surface area contributed by atoms with Gasteiger partial charge in [-0.1, -0.05) is 65.7 Å². The highest BCUT2D eigenvalue weighted by Gasteiger charge is 2.02. The van der Waals surface area contributed by atoms with Gasteiger partial charge in [-0.15, -0.1) is 0 Å².